The summed E-state index contributed by atoms with van der Waals surface area (Å²) in [5.74, 6) is -0.0877. The molecule has 0 spiro atoms. The Morgan fingerprint density at radius 1 is 1.67 bits per heavy atom. The predicted octanol–water partition coefficient (Wildman–Crippen LogP) is 0.423. The summed E-state index contributed by atoms with van der Waals surface area (Å²) in [5.41, 5.74) is 5.42. The highest BCUT2D eigenvalue weighted by atomic mass is 19.1. The second kappa shape index (κ2) is 3.98. The van der Waals surface area contributed by atoms with Crippen molar-refractivity contribution in [1.29, 1.82) is 0 Å². The third-order valence-corrected chi connectivity index (χ3v) is 2.52. The summed E-state index contributed by atoms with van der Waals surface area (Å²) in [6, 6.07) is 0. The number of ether oxygens (including phenoxy) is 1. The third-order valence-electron chi connectivity index (χ3n) is 2.52. The van der Waals surface area contributed by atoms with Crippen LogP contribution >= 0.6 is 0 Å². The molecule has 1 aliphatic heterocycles. The maximum Gasteiger partial charge on any atom is 0.222 e. The lowest BCUT2D eigenvalue weighted by Crippen LogP contribution is -2.24. The highest BCUT2D eigenvalue weighted by Gasteiger charge is 2.25. The summed E-state index contributed by atoms with van der Waals surface area (Å²) in [5, 5.41) is 0. The number of aromatic nitrogens is 2. The number of nitrogens with two attached hydrogens (primary N) is 1. The van der Waals surface area contributed by atoms with Gasteiger partial charge in [-0.25, -0.2) is 9.37 Å². The van der Waals surface area contributed by atoms with E-state index in [9.17, 15) is 4.39 Å². The standard InChI is InChI=1S/C9H13FN4O/c1-15-6-2-3-14(5-6)8-7(10)4-12-9(11)13-8/h4,6H,2-3,5H2,1H3,(H2,11,12,13). The molecule has 2 N–H and O–H groups in total. The lowest BCUT2D eigenvalue weighted by Gasteiger charge is -2.17. The largest absolute Gasteiger partial charge is 0.380 e. The maximum absolute atomic E-state index is 13.4. The Morgan fingerprint density at radius 2 is 2.47 bits per heavy atom. The summed E-state index contributed by atoms with van der Waals surface area (Å²) in [7, 11) is 1.65. The van der Waals surface area contributed by atoms with Crippen LogP contribution < -0.4 is 10.6 Å². The number of methoxy groups -OCH3 is 1. The van der Waals surface area contributed by atoms with E-state index in [1.807, 2.05) is 4.90 Å². The molecule has 1 unspecified atom stereocenters. The second-order valence-electron chi connectivity index (χ2n) is 3.49. The van der Waals surface area contributed by atoms with Crippen LogP contribution in [0.5, 0.6) is 0 Å². The minimum atomic E-state index is -0.444. The zero-order chi connectivity index (χ0) is 10.8. The fourth-order valence-electron chi connectivity index (χ4n) is 1.71. The van der Waals surface area contributed by atoms with Crippen molar-refractivity contribution in [2.45, 2.75) is 12.5 Å². The highest BCUT2D eigenvalue weighted by molar-refractivity contribution is 5.43. The first-order valence-electron chi connectivity index (χ1n) is 4.76. The first kappa shape index (κ1) is 10.1. The van der Waals surface area contributed by atoms with Crippen molar-refractivity contribution in [2.24, 2.45) is 0 Å². The number of hydrogen-bond acceptors (Lipinski definition) is 5. The van der Waals surface area contributed by atoms with Gasteiger partial charge in [0, 0.05) is 20.2 Å². The van der Waals surface area contributed by atoms with Crippen LogP contribution in [0.1, 0.15) is 6.42 Å². The Kier molecular flexibility index (Phi) is 2.68. The Hall–Kier alpha value is -1.43. The quantitative estimate of drug-likeness (QED) is 0.769. The van der Waals surface area contributed by atoms with E-state index in [-0.39, 0.29) is 17.9 Å². The van der Waals surface area contributed by atoms with Crippen LogP contribution in [0.4, 0.5) is 16.2 Å². The highest BCUT2D eigenvalue weighted by Crippen LogP contribution is 2.22. The average molecular weight is 212 g/mol. The molecule has 0 aromatic carbocycles. The molecule has 0 radical (unpaired) electrons. The Labute approximate surface area is 87.1 Å². The minimum Gasteiger partial charge on any atom is -0.380 e. The normalized spacial score (nSPS) is 20.9. The fourth-order valence-corrected chi connectivity index (χ4v) is 1.71. The molecule has 1 saturated heterocycles. The van der Waals surface area contributed by atoms with Crippen LogP contribution in [0, 0.1) is 5.82 Å². The van der Waals surface area contributed by atoms with Crippen LogP contribution in [0.15, 0.2) is 6.20 Å². The van der Waals surface area contributed by atoms with Gasteiger partial charge in [0.2, 0.25) is 5.95 Å². The monoisotopic (exact) mass is 212 g/mol. The van der Waals surface area contributed by atoms with Crippen LogP contribution in [-0.2, 0) is 4.74 Å². The molecule has 6 heteroatoms. The van der Waals surface area contributed by atoms with Gasteiger partial charge in [-0.3, -0.25) is 0 Å². The zero-order valence-corrected chi connectivity index (χ0v) is 8.48. The Bertz CT molecular complexity index is 360. The van der Waals surface area contributed by atoms with Gasteiger partial charge < -0.3 is 15.4 Å². The molecular weight excluding hydrogens is 199 g/mol. The number of nitrogens with zero attached hydrogens (tertiary/aromatic N) is 3. The average Bonchev–Trinajstić information content (AvgIpc) is 2.70. The molecule has 0 bridgehead atoms. The fraction of sp³-hybridized carbons (Fsp3) is 0.556. The van der Waals surface area contributed by atoms with Crippen LogP contribution in [0.25, 0.3) is 0 Å². The number of rotatable bonds is 2. The third kappa shape index (κ3) is 1.99. The first-order valence-corrected chi connectivity index (χ1v) is 4.76. The second-order valence-corrected chi connectivity index (χ2v) is 3.49. The summed E-state index contributed by atoms with van der Waals surface area (Å²) < 4.78 is 18.6. The molecule has 1 fully saturated rings. The summed E-state index contributed by atoms with van der Waals surface area (Å²) in [4.78, 5) is 9.29. The molecule has 15 heavy (non-hydrogen) atoms. The van der Waals surface area contributed by atoms with Gasteiger partial charge in [0.1, 0.15) is 0 Å². The first-order chi connectivity index (χ1) is 7.20. The van der Waals surface area contributed by atoms with Gasteiger partial charge in [-0.1, -0.05) is 0 Å². The van der Waals surface area contributed by atoms with Crippen LogP contribution in [-0.4, -0.2) is 36.3 Å². The summed E-state index contributed by atoms with van der Waals surface area (Å²) in [6.07, 6.45) is 2.11. The molecular formula is C9H13FN4O. The van der Waals surface area contributed by atoms with Gasteiger partial charge in [0.15, 0.2) is 11.6 Å². The lowest BCUT2D eigenvalue weighted by molar-refractivity contribution is 0.121. The number of halogens is 1. The van der Waals surface area contributed by atoms with E-state index in [4.69, 9.17) is 10.5 Å². The molecule has 0 saturated carbocycles. The van der Waals surface area contributed by atoms with E-state index in [1.165, 1.54) is 0 Å². The van der Waals surface area contributed by atoms with E-state index < -0.39 is 5.82 Å². The molecule has 1 atom stereocenters. The maximum atomic E-state index is 13.4. The lowest BCUT2D eigenvalue weighted by atomic mass is 10.3. The Morgan fingerprint density at radius 3 is 3.13 bits per heavy atom. The van der Waals surface area contributed by atoms with E-state index in [1.54, 1.807) is 7.11 Å². The van der Waals surface area contributed by atoms with Gasteiger partial charge in [-0.15, -0.1) is 0 Å². The van der Waals surface area contributed by atoms with E-state index in [0.29, 0.717) is 6.54 Å². The number of anilines is 2. The molecule has 5 nitrogen and oxygen atoms in total. The molecule has 0 aliphatic carbocycles. The molecule has 1 aromatic heterocycles. The predicted molar refractivity (Wildman–Crippen MR) is 54.0 cm³/mol. The zero-order valence-electron chi connectivity index (χ0n) is 8.48. The van der Waals surface area contributed by atoms with Crippen molar-refractivity contribution in [3.8, 4) is 0 Å². The van der Waals surface area contributed by atoms with Crippen molar-refractivity contribution >= 4 is 11.8 Å². The van der Waals surface area contributed by atoms with Crippen molar-refractivity contribution in [3.63, 3.8) is 0 Å². The number of nitrogen functional groups attached to an aromatic ring is 1. The van der Waals surface area contributed by atoms with Crippen LogP contribution in [0.2, 0.25) is 0 Å². The van der Waals surface area contributed by atoms with Gasteiger partial charge in [0.05, 0.1) is 12.3 Å². The van der Waals surface area contributed by atoms with Crippen molar-refractivity contribution in [3.05, 3.63) is 12.0 Å². The Balaban J connectivity index is 2.19. The molecule has 82 valence electrons. The van der Waals surface area contributed by atoms with E-state index >= 15 is 0 Å². The topological polar surface area (TPSA) is 64.3 Å². The SMILES string of the molecule is COC1CCN(c2nc(N)ncc2F)C1. The molecule has 2 heterocycles. The molecule has 2 rings (SSSR count). The summed E-state index contributed by atoms with van der Waals surface area (Å²) >= 11 is 0. The van der Waals surface area contributed by atoms with E-state index in [2.05, 4.69) is 9.97 Å². The summed E-state index contributed by atoms with van der Waals surface area (Å²) in [6.45, 7) is 1.37. The van der Waals surface area contributed by atoms with E-state index in [0.717, 1.165) is 19.2 Å². The van der Waals surface area contributed by atoms with Crippen molar-refractivity contribution < 1.29 is 9.13 Å². The molecule has 1 aromatic rings. The van der Waals surface area contributed by atoms with Gasteiger partial charge in [0.25, 0.3) is 0 Å². The van der Waals surface area contributed by atoms with Crippen LogP contribution in [0.3, 0.4) is 0 Å². The molecule has 0 amide bonds. The van der Waals surface area contributed by atoms with Crippen molar-refractivity contribution in [2.75, 3.05) is 30.8 Å². The van der Waals surface area contributed by atoms with Gasteiger partial charge >= 0.3 is 0 Å². The molecule has 1 aliphatic rings. The van der Waals surface area contributed by atoms with Crippen molar-refractivity contribution in [1.82, 2.24) is 9.97 Å². The number of hydrogen-bond donors (Lipinski definition) is 1. The smallest absolute Gasteiger partial charge is 0.222 e. The minimum absolute atomic E-state index is 0.0901. The van der Waals surface area contributed by atoms with Gasteiger partial charge in [-0.2, -0.15) is 4.98 Å². The van der Waals surface area contributed by atoms with Gasteiger partial charge in [-0.05, 0) is 6.42 Å².